The average molecular weight is 303 g/mol. The molecule has 0 saturated heterocycles. The van der Waals surface area contributed by atoms with E-state index in [0.717, 1.165) is 42.7 Å². The number of ether oxygens (including phenoxy) is 1. The maximum atomic E-state index is 12.0. The second-order valence-electron chi connectivity index (χ2n) is 6.42. The largest absolute Gasteiger partial charge is 0.452 e. The van der Waals surface area contributed by atoms with E-state index in [2.05, 4.69) is 12.2 Å². The topological polar surface area (TPSA) is 55.4 Å². The van der Waals surface area contributed by atoms with Gasteiger partial charge in [-0.3, -0.25) is 4.79 Å². The molecule has 1 aromatic rings. The van der Waals surface area contributed by atoms with Crippen molar-refractivity contribution >= 4 is 11.9 Å². The fourth-order valence-corrected chi connectivity index (χ4v) is 2.93. The molecule has 0 unspecified atom stereocenters. The Kier molecular flexibility index (Phi) is 5.58. The van der Waals surface area contributed by atoms with Gasteiger partial charge in [0.05, 0.1) is 5.56 Å². The van der Waals surface area contributed by atoms with Crippen LogP contribution in [0, 0.1) is 19.8 Å². The average Bonchev–Trinajstić information content (AvgIpc) is 2.47. The van der Waals surface area contributed by atoms with E-state index in [1.165, 1.54) is 0 Å². The van der Waals surface area contributed by atoms with Gasteiger partial charge < -0.3 is 10.1 Å². The summed E-state index contributed by atoms with van der Waals surface area (Å²) in [7, 11) is 0. The lowest BCUT2D eigenvalue weighted by Crippen LogP contribution is -2.39. The third kappa shape index (κ3) is 4.58. The second kappa shape index (κ2) is 7.43. The Bertz CT molecular complexity index is 545. The van der Waals surface area contributed by atoms with Crippen LogP contribution >= 0.6 is 0 Å². The van der Waals surface area contributed by atoms with Crippen LogP contribution in [0.3, 0.4) is 0 Å². The Labute approximate surface area is 132 Å². The first-order valence-corrected chi connectivity index (χ1v) is 7.99. The monoisotopic (exact) mass is 303 g/mol. The molecule has 0 bridgehead atoms. The van der Waals surface area contributed by atoms with Crippen LogP contribution in [0.4, 0.5) is 0 Å². The van der Waals surface area contributed by atoms with Crippen LogP contribution in [-0.2, 0) is 9.53 Å². The highest BCUT2D eigenvalue weighted by Gasteiger charge is 2.20. The SMILES string of the molecule is Cc1ccc(C(=O)OCC(=O)NC2CCC(C)CC2)c(C)c1. The summed E-state index contributed by atoms with van der Waals surface area (Å²) in [4.78, 5) is 23.9. The third-order valence-electron chi connectivity index (χ3n) is 4.32. The normalized spacial score (nSPS) is 21.2. The number of carbonyl (C=O) groups excluding carboxylic acids is 2. The molecule has 0 aliphatic heterocycles. The lowest BCUT2D eigenvalue weighted by molar-refractivity contribution is -0.125. The molecule has 0 aromatic heterocycles. The van der Waals surface area contributed by atoms with Gasteiger partial charge in [-0.2, -0.15) is 0 Å². The Morgan fingerprint density at radius 3 is 2.50 bits per heavy atom. The minimum absolute atomic E-state index is 0.210. The minimum Gasteiger partial charge on any atom is -0.452 e. The number of esters is 1. The van der Waals surface area contributed by atoms with Gasteiger partial charge in [0.25, 0.3) is 5.91 Å². The van der Waals surface area contributed by atoms with E-state index in [1.54, 1.807) is 6.07 Å². The molecule has 1 saturated carbocycles. The van der Waals surface area contributed by atoms with Crippen molar-refractivity contribution in [2.45, 2.75) is 52.5 Å². The first kappa shape index (κ1) is 16.5. The molecule has 1 amide bonds. The lowest BCUT2D eigenvalue weighted by atomic mass is 9.87. The first-order chi connectivity index (χ1) is 10.5. The number of amides is 1. The predicted octanol–water partition coefficient (Wildman–Crippen LogP) is 3.16. The highest BCUT2D eigenvalue weighted by Crippen LogP contribution is 2.23. The molecule has 0 radical (unpaired) electrons. The van der Waals surface area contributed by atoms with E-state index in [0.29, 0.717) is 5.56 Å². The standard InChI is InChI=1S/C18H25NO3/c1-12-4-7-15(8-5-12)19-17(20)11-22-18(21)16-9-6-13(2)10-14(16)3/h6,9-10,12,15H,4-5,7-8,11H2,1-3H3,(H,19,20). The molecule has 0 spiro atoms. The number of aryl methyl sites for hydroxylation is 2. The predicted molar refractivity (Wildman–Crippen MR) is 85.8 cm³/mol. The smallest absolute Gasteiger partial charge is 0.338 e. The maximum Gasteiger partial charge on any atom is 0.338 e. The van der Waals surface area contributed by atoms with Gasteiger partial charge in [-0.05, 0) is 57.1 Å². The van der Waals surface area contributed by atoms with Gasteiger partial charge in [0.2, 0.25) is 0 Å². The fourth-order valence-electron chi connectivity index (χ4n) is 2.93. The number of nitrogens with one attached hydrogen (secondary N) is 1. The summed E-state index contributed by atoms with van der Waals surface area (Å²) in [5.74, 6) is 0.0954. The zero-order chi connectivity index (χ0) is 16.1. The Morgan fingerprint density at radius 2 is 1.86 bits per heavy atom. The van der Waals surface area contributed by atoms with Crippen LogP contribution in [0.2, 0.25) is 0 Å². The van der Waals surface area contributed by atoms with E-state index >= 15 is 0 Å². The molecule has 22 heavy (non-hydrogen) atoms. The van der Waals surface area contributed by atoms with E-state index < -0.39 is 5.97 Å². The first-order valence-electron chi connectivity index (χ1n) is 7.99. The summed E-state index contributed by atoms with van der Waals surface area (Å²) in [6.07, 6.45) is 4.32. The number of rotatable bonds is 4. The van der Waals surface area contributed by atoms with Gasteiger partial charge in [0, 0.05) is 6.04 Å². The summed E-state index contributed by atoms with van der Waals surface area (Å²) in [5.41, 5.74) is 2.48. The van der Waals surface area contributed by atoms with Crippen molar-refractivity contribution < 1.29 is 14.3 Å². The van der Waals surface area contributed by atoms with E-state index in [4.69, 9.17) is 4.74 Å². The van der Waals surface area contributed by atoms with Crippen molar-refractivity contribution in [2.24, 2.45) is 5.92 Å². The van der Waals surface area contributed by atoms with E-state index in [1.807, 2.05) is 26.0 Å². The van der Waals surface area contributed by atoms with Crippen molar-refractivity contribution in [3.8, 4) is 0 Å². The maximum absolute atomic E-state index is 12.0. The van der Waals surface area contributed by atoms with Crippen molar-refractivity contribution in [3.05, 3.63) is 34.9 Å². The highest BCUT2D eigenvalue weighted by molar-refractivity contribution is 5.92. The van der Waals surface area contributed by atoms with Gasteiger partial charge >= 0.3 is 5.97 Å². The summed E-state index contributed by atoms with van der Waals surface area (Å²) in [6, 6.07) is 5.77. The molecule has 1 aliphatic rings. The molecule has 0 atom stereocenters. The molecule has 1 N–H and O–H groups in total. The number of hydrogen-bond acceptors (Lipinski definition) is 3. The lowest BCUT2D eigenvalue weighted by Gasteiger charge is -2.26. The zero-order valence-electron chi connectivity index (χ0n) is 13.6. The molecule has 1 aromatic carbocycles. The van der Waals surface area contributed by atoms with Gasteiger partial charge in [0.15, 0.2) is 6.61 Å². The summed E-state index contributed by atoms with van der Waals surface area (Å²) >= 11 is 0. The van der Waals surface area contributed by atoms with Crippen molar-refractivity contribution in [1.29, 1.82) is 0 Å². The number of carbonyl (C=O) groups is 2. The van der Waals surface area contributed by atoms with Crippen molar-refractivity contribution in [3.63, 3.8) is 0 Å². The molecule has 1 aliphatic carbocycles. The quantitative estimate of drug-likeness (QED) is 0.869. The van der Waals surface area contributed by atoms with Crippen LogP contribution in [-0.4, -0.2) is 24.5 Å². The van der Waals surface area contributed by atoms with Crippen molar-refractivity contribution in [2.75, 3.05) is 6.61 Å². The zero-order valence-corrected chi connectivity index (χ0v) is 13.6. The van der Waals surface area contributed by atoms with Crippen LogP contribution in [0.25, 0.3) is 0 Å². The van der Waals surface area contributed by atoms with Crippen LogP contribution in [0.1, 0.15) is 54.1 Å². The molecule has 1 fully saturated rings. The van der Waals surface area contributed by atoms with E-state index in [-0.39, 0.29) is 18.6 Å². The van der Waals surface area contributed by atoms with Gasteiger partial charge in [-0.25, -0.2) is 4.79 Å². The van der Waals surface area contributed by atoms with Crippen LogP contribution in [0.15, 0.2) is 18.2 Å². The van der Waals surface area contributed by atoms with Crippen LogP contribution in [0.5, 0.6) is 0 Å². The van der Waals surface area contributed by atoms with Gasteiger partial charge in [-0.1, -0.05) is 24.6 Å². The highest BCUT2D eigenvalue weighted by atomic mass is 16.5. The van der Waals surface area contributed by atoms with Crippen LogP contribution < -0.4 is 5.32 Å². The molecule has 4 nitrogen and oxygen atoms in total. The summed E-state index contributed by atoms with van der Waals surface area (Å²) in [5, 5.41) is 2.95. The Balaban J connectivity index is 1.79. The number of benzene rings is 1. The Hall–Kier alpha value is -1.84. The molecular formula is C18H25NO3. The molecule has 120 valence electrons. The van der Waals surface area contributed by atoms with Gasteiger partial charge in [0.1, 0.15) is 0 Å². The van der Waals surface area contributed by atoms with Gasteiger partial charge in [-0.15, -0.1) is 0 Å². The van der Waals surface area contributed by atoms with Crippen molar-refractivity contribution in [1.82, 2.24) is 5.32 Å². The number of hydrogen-bond donors (Lipinski definition) is 1. The third-order valence-corrected chi connectivity index (χ3v) is 4.32. The molecule has 0 heterocycles. The fraction of sp³-hybridized carbons (Fsp3) is 0.556. The second-order valence-corrected chi connectivity index (χ2v) is 6.42. The van der Waals surface area contributed by atoms with E-state index in [9.17, 15) is 9.59 Å². The molecule has 2 rings (SSSR count). The molecular weight excluding hydrogens is 278 g/mol. The minimum atomic E-state index is -0.440. The Morgan fingerprint density at radius 1 is 1.18 bits per heavy atom. The molecule has 4 heteroatoms. The summed E-state index contributed by atoms with van der Waals surface area (Å²) < 4.78 is 5.12. The summed E-state index contributed by atoms with van der Waals surface area (Å²) in [6.45, 7) is 5.87.